The maximum Gasteiger partial charge on any atom is 0.418 e. The van der Waals surface area contributed by atoms with E-state index in [1.165, 1.54) is 13.0 Å². The van der Waals surface area contributed by atoms with Crippen molar-refractivity contribution in [1.29, 1.82) is 0 Å². The molecule has 6 nitrogen and oxygen atoms in total. The van der Waals surface area contributed by atoms with E-state index in [0.717, 1.165) is 35.1 Å². The summed E-state index contributed by atoms with van der Waals surface area (Å²) in [4.78, 5) is 16.1. The molecule has 0 aliphatic carbocycles. The third-order valence-electron chi connectivity index (χ3n) is 4.42. The molecule has 1 aromatic heterocycles. The summed E-state index contributed by atoms with van der Waals surface area (Å²) in [5.41, 5.74) is 0.0418. The number of halogens is 3. The van der Waals surface area contributed by atoms with Crippen molar-refractivity contribution in [2.24, 2.45) is 0 Å². The first-order valence-electron chi connectivity index (χ1n) is 9.36. The minimum atomic E-state index is -4.81. The van der Waals surface area contributed by atoms with Gasteiger partial charge in [0.2, 0.25) is 0 Å². The zero-order chi connectivity index (χ0) is 23.4. The Hall–Kier alpha value is -2.88. The molecule has 0 aliphatic rings. The number of aryl methyl sites for hydroxylation is 1. The van der Waals surface area contributed by atoms with Crippen molar-refractivity contribution in [2.75, 3.05) is 11.6 Å². The molecule has 0 saturated carbocycles. The predicted molar refractivity (Wildman–Crippen MR) is 113 cm³/mol. The Bertz CT molecular complexity index is 1080. The van der Waals surface area contributed by atoms with Gasteiger partial charge in [0.25, 0.3) is 5.91 Å². The van der Waals surface area contributed by atoms with Crippen LogP contribution in [-0.4, -0.2) is 31.6 Å². The molecular weight excluding hydrogens is 431 g/mol. The maximum atomic E-state index is 13.6. The van der Waals surface area contributed by atoms with Gasteiger partial charge in [-0.05, 0) is 38.0 Å². The fourth-order valence-corrected chi connectivity index (χ4v) is 3.45. The standard InChI is InChI=1S/C21H24F3N3O3S/c1-13-7-5-6-8-17(13)15(3)27-16-11-18(21(22,23)24)19(25-12-16)20(28)26-14(2)9-10-31(4,29)30/h5-12,14-15,27H,1-4H3,(H,26,28)/b10-9+/t14-,15+/m1/s1. The molecule has 2 aromatic rings. The number of anilines is 1. The summed E-state index contributed by atoms with van der Waals surface area (Å²) in [7, 11) is -3.43. The Labute approximate surface area is 179 Å². The monoisotopic (exact) mass is 455 g/mol. The molecular formula is C21H24F3N3O3S. The largest absolute Gasteiger partial charge is 0.418 e. The summed E-state index contributed by atoms with van der Waals surface area (Å²) in [6.45, 7) is 5.15. The van der Waals surface area contributed by atoms with Gasteiger partial charge in [0.1, 0.15) is 5.69 Å². The topological polar surface area (TPSA) is 88.2 Å². The number of nitrogens with zero attached hydrogens (tertiary/aromatic N) is 1. The first-order chi connectivity index (χ1) is 14.3. The molecule has 0 spiro atoms. The minimum absolute atomic E-state index is 0.115. The predicted octanol–water partition coefficient (Wildman–Crippen LogP) is 4.26. The highest BCUT2D eigenvalue weighted by molar-refractivity contribution is 7.93. The van der Waals surface area contributed by atoms with Crippen LogP contribution in [0.15, 0.2) is 48.0 Å². The number of rotatable bonds is 7. The van der Waals surface area contributed by atoms with Crippen LogP contribution in [0, 0.1) is 6.92 Å². The number of amides is 1. The molecule has 1 heterocycles. The lowest BCUT2D eigenvalue weighted by molar-refractivity contribution is -0.138. The van der Waals surface area contributed by atoms with Crippen LogP contribution < -0.4 is 10.6 Å². The molecule has 1 aromatic carbocycles. The van der Waals surface area contributed by atoms with Crippen LogP contribution in [-0.2, 0) is 16.0 Å². The van der Waals surface area contributed by atoms with E-state index in [1.807, 2.05) is 38.1 Å². The highest BCUT2D eigenvalue weighted by atomic mass is 32.2. The van der Waals surface area contributed by atoms with Crippen molar-refractivity contribution in [1.82, 2.24) is 10.3 Å². The van der Waals surface area contributed by atoms with E-state index in [9.17, 15) is 26.4 Å². The van der Waals surface area contributed by atoms with Crippen molar-refractivity contribution >= 4 is 21.4 Å². The SMILES string of the molecule is Cc1ccccc1[C@H](C)Nc1cnc(C(=O)N[C@H](C)/C=C/S(C)(=O)=O)c(C(F)(F)F)c1. The van der Waals surface area contributed by atoms with Gasteiger partial charge in [-0.1, -0.05) is 30.3 Å². The van der Waals surface area contributed by atoms with Crippen LogP contribution >= 0.6 is 0 Å². The number of hydrogen-bond donors (Lipinski definition) is 2. The van der Waals surface area contributed by atoms with Gasteiger partial charge in [0, 0.05) is 23.7 Å². The molecule has 0 fully saturated rings. The quantitative estimate of drug-likeness (QED) is 0.651. The molecule has 0 unspecified atom stereocenters. The number of carbonyl (C=O) groups excluding carboxylic acids is 1. The Morgan fingerprint density at radius 3 is 2.42 bits per heavy atom. The second-order valence-electron chi connectivity index (χ2n) is 7.26. The molecule has 2 N–H and O–H groups in total. The van der Waals surface area contributed by atoms with Gasteiger partial charge in [-0.3, -0.25) is 4.79 Å². The van der Waals surface area contributed by atoms with Crippen LogP contribution in [0.4, 0.5) is 18.9 Å². The van der Waals surface area contributed by atoms with E-state index < -0.39 is 39.2 Å². The Kier molecular flexibility index (Phi) is 7.48. The van der Waals surface area contributed by atoms with E-state index in [0.29, 0.717) is 0 Å². The molecule has 0 bridgehead atoms. The van der Waals surface area contributed by atoms with Crippen molar-refractivity contribution in [3.8, 4) is 0 Å². The first kappa shape index (κ1) is 24.4. The van der Waals surface area contributed by atoms with Crippen LogP contribution in [0.1, 0.15) is 47.1 Å². The molecule has 0 aliphatic heterocycles. The fourth-order valence-electron chi connectivity index (χ4n) is 2.92. The van der Waals surface area contributed by atoms with Crippen molar-refractivity contribution in [2.45, 2.75) is 39.0 Å². The highest BCUT2D eigenvalue weighted by Gasteiger charge is 2.37. The van der Waals surface area contributed by atoms with E-state index in [4.69, 9.17) is 0 Å². The summed E-state index contributed by atoms with van der Waals surface area (Å²) in [5.74, 6) is -1.06. The third-order valence-corrected chi connectivity index (χ3v) is 5.07. The minimum Gasteiger partial charge on any atom is -0.377 e. The van der Waals surface area contributed by atoms with Gasteiger partial charge in [0.05, 0.1) is 17.4 Å². The Morgan fingerprint density at radius 1 is 1.19 bits per heavy atom. The van der Waals surface area contributed by atoms with E-state index in [1.54, 1.807) is 0 Å². The van der Waals surface area contributed by atoms with E-state index in [-0.39, 0.29) is 11.7 Å². The van der Waals surface area contributed by atoms with Crippen LogP contribution in [0.25, 0.3) is 0 Å². The maximum absolute atomic E-state index is 13.6. The summed E-state index contributed by atoms with van der Waals surface area (Å²) in [6, 6.07) is 7.22. The molecule has 10 heteroatoms. The summed E-state index contributed by atoms with van der Waals surface area (Å²) in [5, 5.41) is 6.16. The normalized spacial score (nSPS) is 14.3. The summed E-state index contributed by atoms with van der Waals surface area (Å²) < 4.78 is 63.2. The second kappa shape index (κ2) is 9.51. The molecule has 2 rings (SSSR count). The van der Waals surface area contributed by atoms with Crippen molar-refractivity contribution in [3.63, 3.8) is 0 Å². The van der Waals surface area contributed by atoms with Gasteiger partial charge in [-0.2, -0.15) is 13.2 Å². The number of hydrogen-bond acceptors (Lipinski definition) is 5. The van der Waals surface area contributed by atoms with Gasteiger partial charge in [-0.15, -0.1) is 0 Å². The third kappa shape index (κ3) is 7.09. The molecule has 31 heavy (non-hydrogen) atoms. The number of pyridine rings is 1. The van der Waals surface area contributed by atoms with E-state index in [2.05, 4.69) is 15.6 Å². The van der Waals surface area contributed by atoms with Crippen molar-refractivity contribution < 1.29 is 26.4 Å². The second-order valence-corrected chi connectivity index (χ2v) is 9.19. The smallest absolute Gasteiger partial charge is 0.377 e. The van der Waals surface area contributed by atoms with Gasteiger partial charge < -0.3 is 10.6 Å². The first-order valence-corrected chi connectivity index (χ1v) is 11.3. The lowest BCUT2D eigenvalue weighted by Crippen LogP contribution is -2.33. The average molecular weight is 456 g/mol. The Balaban J connectivity index is 2.28. The average Bonchev–Trinajstić information content (AvgIpc) is 2.65. The van der Waals surface area contributed by atoms with Crippen molar-refractivity contribution in [3.05, 3.63) is 70.4 Å². The van der Waals surface area contributed by atoms with Gasteiger partial charge >= 0.3 is 6.18 Å². The van der Waals surface area contributed by atoms with Crippen LogP contribution in [0.5, 0.6) is 0 Å². The lowest BCUT2D eigenvalue weighted by Gasteiger charge is -2.20. The van der Waals surface area contributed by atoms with Crippen LogP contribution in [0.3, 0.4) is 0 Å². The summed E-state index contributed by atoms with van der Waals surface area (Å²) >= 11 is 0. The fraction of sp³-hybridized carbons (Fsp3) is 0.333. The zero-order valence-electron chi connectivity index (χ0n) is 17.5. The van der Waals surface area contributed by atoms with E-state index >= 15 is 0 Å². The van der Waals surface area contributed by atoms with Gasteiger partial charge in [-0.25, -0.2) is 13.4 Å². The number of carbonyl (C=O) groups is 1. The molecule has 1 amide bonds. The lowest BCUT2D eigenvalue weighted by atomic mass is 10.0. The number of nitrogens with one attached hydrogen (secondary N) is 2. The van der Waals surface area contributed by atoms with Gasteiger partial charge in [0.15, 0.2) is 9.84 Å². The Morgan fingerprint density at radius 2 is 1.84 bits per heavy atom. The highest BCUT2D eigenvalue weighted by Crippen LogP contribution is 2.34. The number of aromatic nitrogens is 1. The number of benzene rings is 1. The molecule has 0 radical (unpaired) electrons. The summed E-state index contributed by atoms with van der Waals surface area (Å²) in [6.07, 6.45) is -1.52. The van der Waals surface area contributed by atoms with Crippen LogP contribution in [0.2, 0.25) is 0 Å². The number of alkyl halides is 3. The molecule has 168 valence electrons. The molecule has 2 atom stereocenters. The zero-order valence-corrected chi connectivity index (χ0v) is 18.3. The molecule has 0 saturated heterocycles. The number of sulfone groups is 1.